The molecule has 14 heavy (non-hydrogen) atoms. The molecule has 0 aliphatic carbocycles. The first kappa shape index (κ1) is 8.95. The minimum absolute atomic E-state index is 0.0989. The van der Waals surface area contributed by atoms with E-state index >= 15 is 0 Å². The highest BCUT2D eigenvalue weighted by Crippen LogP contribution is 2.19. The van der Waals surface area contributed by atoms with Crippen LogP contribution in [0.3, 0.4) is 0 Å². The zero-order valence-electron chi connectivity index (χ0n) is 7.86. The summed E-state index contributed by atoms with van der Waals surface area (Å²) in [4.78, 5) is 11.6. The molecule has 1 heteroatoms. The van der Waals surface area contributed by atoms with Gasteiger partial charge in [0.2, 0.25) is 0 Å². The van der Waals surface area contributed by atoms with E-state index in [0.29, 0.717) is 6.42 Å². The summed E-state index contributed by atoms with van der Waals surface area (Å²) in [6.07, 6.45) is 0.313. The van der Waals surface area contributed by atoms with Gasteiger partial charge in [0.25, 0.3) is 0 Å². The topological polar surface area (TPSA) is 17.1 Å². The Labute approximate surface area is 83.4 Å². The number of benzene rings is 2. The van der Waals surface area contributed by atoms with Crippen molar-refractivity contribution in [1.29, 1.82) is 0 Å². The van der Waals surface area contributed by atoms with Gasteiger partial charge in [0.15, 0.2) is 5.78 Å². The van der Waals surface area contributed by atoms with Crippen LogP contribution in [0.1, 0.15) is 16.8 Å². The number of fused-ring (bicyclic) bond motifs is 1. The van der Waals surface area contributed by atoms with Gasteiger partial charge < -0.3 is 0 Å². The van der Waals surface area contributed by atoms with Crippen LogP contribution < -0.4 is 0 Å². The van der Waals surface area contributed by atoms with Crippen LogP contribution in [0.5, 0.6) is 0 Å². The van der Waals surface area contributed by atoms with Gasteiger partial charge in [0.05, 0.1) is 0 Å². The summed E-state index contributed by atoms with van der Waals surface area (Å²) in [7, 11) is 0. The smallest absolute Gasteiger partial charge is 0.163 e. The van der Waals surface area contributed by atoms with E-state index in [4.69, 9.17) is 0 Å². The highest BCUT2D eigenvalue weighted by Gasteiger charge is 2.06. The van der Waals surface area contributed by atoms with Gasteiger partial charge in [-0.05, 0) is 17.7 Å². The Bertz CT molecular complexity index is 466. The molecule has 0 spiro atoms. The number of hydrogen-bond donors (Lipinski definition) is 0. The summed E-state index contributed by atoms with van der Waals surface area (Å²) in [6, 6.07) is 13.7. The lowest BCUT2D eigenvalue weighted by Crippen LogP contribution is -1.97. The van der Waals surface area contributed by atoms with Crippen molar-refractivity contribution in [2.45, 2.75) is 6.42 Å². The fourth-order valence-electron chi connectivity index (χ4n) is 1.60. The molecule has 0 saturated heterocycles. The molecule has 0 aliphatic rings. The quantitative estimate of drug-likeness (QED) is 0.653. The van der Waals surface area contributed by atoms with E-state index in [1.54, 1.807) is 0 Å². The van der Waals surface area contributed by atoms with E-state index in [-0.39, 0.29) is 5.78 Å². The summed E-state index contributed by atoms with van der Waals surface area (Å²) in [5.41, 5.74) is 0.776. The molecule has 1 nitrogen and oxygen atoms in total. The zero-order valence-corrected chi connectivity index (χ0v) is 7.86. The van der Waals surface area contributed by atoms with Crippen molar-refractivity contribution in [3.8, 4) is 0 Å². The minimum atomic E-state index is 0.0989. The molecule has 1 radical (unpaired) electrons. The molecule has 2 rings (SSSR count). The third kappa shape index (κ3) is 1.41. The molecule has 2 aromatic rings. The predicted octanol–water partition coefficient (Wildman–Crippen LogP) is 3.25. The van der Waals surface area contributed by atoms with E-state index in [2.05, 4.69) is 6.92 Å². The van der Waals surface area contributed by atoms with Gasteiger partial charge in [0, 0.05) is 12.0 Å². The second-order valence-electron chi connectivity index (χ2n) is 3.20. The maximum Gasteiger partial charge on any atom is 0.163 e. The Kier molecular flexibility index (Phi) is 2.32. The number of Topliss-reactive ketones (excluding diaryl/α,β-unsaturated/α-hetero) is 1. The van der Waals surface area contributed by atoms with Gasteiger partial charge in [-0.1, -0.05) is 42.5 Å². The highest BCUT2D eigenvalue weighted by atomic mass is 16.1. The molecule has 0 atom stereocenters. The average Bonchev–Trinajstić information content (AvgIpc) is 2.27. The molecular weight excluding hydrogens is 172 g/mol. The Morgan fingerprint density at radius 3 is 2.57 bits per heavy atom. The van der Waals surface area contributed by atoms with E-state index < -0.39 is 0 Å². The Morgan fingerprint density at radius 1 is 1.07 bits per heavy atom. The first-order valence-electron chi connectivity index (χ1n) is 4.63. The Morgan fingerprint density at radius 2 is 1.79 bits per heavy atom. The number of ketones is 1. The molecular formula is C13H11O. The normalized spacial score (nSPS) is 10.4. The van der Waals surface area contributed by atoms with Crippen LogP contribution in [0.2, 0.25) is 0 Å². The summed E-state index contributed by atoms with van der Waals surface area (Å²) < 4.78 is 0. The van der Waals surface area contributed by atoms with Crippen LogP contribution >= 0.6 is 0 Å². The van der Waals surface area contributed by atoms with Crippen molar-refractivity contribution in [2.24, 2.45) is 0 Å². The second-order valence-corrected chi connectivity index (χ2v) is 3.20. The Hall–Kier alpha value is -1.63. The zero-order chi connectivity index (χ0) is 9.97. The fraction of sp³-hybridized carbons (Fsp3) is 0.0769. The van der Waals surface area contributed by atoms with Gasteiger partial charge in [-0.3, -0.25) is 4.79 Å². The Balaban J connectivity index is 2.71. The van der Waals surface area contributed by atoms with Crippen molar-refractivity contribution in [3.63, 3.8) is 0 Å². The standard InChI is InChI=1S/C13H11O/c1-2-13(14)12-9-5-7-10-6-3-4-8-11(10)12/h3-9H,1-2H2. The van der Waals surface area contributed by atoms with Crippen LogP contribution in [-0.4, -0.2) is 5.78 Å². The molecule has 0 fully saturated rings. The van der Waals surface area contributed by atoms with Crippen LogP contribution in [0.25, 0.3) is 10.8 Å². The van der Waals surface area contributed by atoms with Gasteiger partial charge >= 0.3 is 0 Å². The van der Waals surface area contributed by atoms with Gasteiger partial charge in [-0.2, -0.15) is 0 Å². The summed E-state index contributed by atoms with van der Waals surface area (Å²) in [5.74, 6) is 0.0989. The predicted molar refractivity (Wildman–Crippen MR) is 58.3 cm³/mol. The summed E-state index contributed by atoms with van der Waals surface area (Å²) in [6.45, 7) is 3.62. The number of rotatable bonds is 2. The van der Waals surface area contributed by atoms with Crippen LogP contribution in [0.15, 0.2) is 42.5 Å². The third-order valence-corrected chi connectivity index (χ3v) is 2.32. The van der Waals surface area contributed by atoms with Crippen molar-refractivity contribution in [2.75, 3.05) is 0 Å². The van der Waals surface area contributed by atoms with E-state index in [9.17, 15) is 4.79 Å². The molecule has 2 aromatic carbocycles. The summed E-state index contributed by atoms with van der Waals surface area (Å²) in [5, 5.41) is 2.12. The van der Waals surface area contributed by atoms with Crippen molar-refractivity contribution in [1.82, 2.24) is 0 Å². The molecule has 0 N–H and O–H groups in total. The van der Waals surface area contributed by atoms with Crippen LogP contribution in [0, 0.1) is 6.92 Å². The lowest BCUT2D eigenvalue weighted by Gasteiger charge is -2.03. The highest BCUT2D eigenvalue weighted by molar-refractivity contribution is 6.08. The molecule has 0 saturated carbocycles. The van der Waals surface area contributed by atoms with Gasteiger partial charge in [0.1, 0.15) is 0 Å². The van der Waals surface area contributed by atoms with Crippen LogP contribution in [-0.2, 0) is 0 Å². The van der Waals surface area contributed by atoms with Gasteiger partial charge in [-0.15, -0.1) is 0 Å². The maximum absolute atomic E-state index is 11.6. The summed E-state index contributed by atoms with van der Waals surface area (Å²) >= 11 is 0. The largest absolute Gasteiger partial charge is 0.294 e. The van der Waals surface area contributed by atoms with Crippen molar-refractivity contribution >= 4 is 16.6 Å². The average molecular weight is 183 g/mol. The first-order chi connectivity index (χ1) is 6.83. The molecule has 0 amide bonds. The van der Waals surface area contributed by atoms with E-state index in [1.165, 1.54) is 0 Å². The number of carbonyl (C=O) groups is 1. The second kappa shape index (κ2) is 3.62. The molecule has 0 bridgehead atoms. The van der Waals surface area contributed by atoms with E-state index in [0.717, 1.165) is 16.3 Å². The molecule has 0 aliphatic heterocycles. The van der Waals surface area contributed by atoms with E-state index in [1.807, 2.05) is 42.5 Å². The third-order valence-electron chi connectivity index (χ3n) is 2.32. The van der Waals surface area contributed by atoms with Crippen molar-refractivity contribution in [3.05, 3.63) is 55.0 Å². The number of hydrogen-bond acceptors (Lipinski definition) is 1. The van der Waals surface area contributed by atoms with Crippen molar-refractivity contribution < 1.29 is 4.79 Å². The lowest BCUT2D eigenvalue weighted by molar-refractivity contribution is 0.0996. The molecule has 69 valence electrons. The van der Waals surface area contributed by atoms with Gasteiger partial charge in [-0.25, -0.2) is 0 Å². The lowest BCUT2D eigenvalue weighted by atomic mass is 10.0. The SMILES string of the molecule is [CH2]CC(=O)c1cccc2ccccc12. The first-order valence-corrected chi connectivity index (χ1v) is 4.63. The maximum atomic E-state index is 11.6. The molecule has 0 heterocycles. The molecule has 0 unspecified atom stereocenters. The monoisotopic (exact) mass is 183 g/mol. The van der Waals surface area contributed by atoms with Crippen LogP contribution in [0.4, 0.5) is 0 Å². The fourth-order valence-corrected chi connectivity index (χ4v) is 1.60. The molecule has 0 aromatic heterocycles. The number of carbonyl (C=O) groups excluding carboxylic acids is 1. The minimum Gasteiger partial charge on any atom is -0.294 e.